The molecule has 1 fully saturated rings. The van der Waals surface area contributed by atoms with Gasteiger partial charge in [-0.3, -0.25) is 4.79 Å². The number of methoxy groups -OCH3 is 1. The molecule has 1 unspecified atom stereocenters. The molecule has 1 aromatic heterocycles. The Balaban J connectivity index is 1.36. The van der Waals surface area contributed by atoms with Crippen LogP contribution in [0, 0.1) is 0 Å². The number of hydrogen-bond donors (Lipinski definition) is 0. The Bertz CT molecular complexity index is 1100. The second-order valence-corrected chi connectivity index (χ2v) is 8.63. The van der Waals surface area contributed by atoms with Gasteiger partial charge in [0.2, 0.25) is 0 Å². The molecule has 5 rings (SSSR count). The maximum atomic E-state index is 13.1. The van der Waals surface area contributed by atoms with E-state index in [1.807, 2.05) is 53.4 Å². The fraction of sp³-hybridized carbons (Fsp3) is 0.333. The number of ether oxygens (including phenoxy) is 3. The molecule has 2 aliphatic heterocycles. The van der Waals surface area contributed by atoms with Crippen LogP contribution in [0.5, 0.6) is 11.5 Å². The summed E-state index contributed by atoms with van der Waals surface area (Å²) in [5.74, 6) is 1.56. The number of aromatic nitrogens is 1. The first-order valence-corrected chi connectivity index (χ1v) is 11.6. The van der Waals surface area contributed by atoms with Gasteiger partial charge < -0.3 is 24.0 Å². The average Bonchev–Trinajstić information content (AvgIpc) is 3.32. The zero-order valence-electron chi connectivity index (χ0n) is 17.9. The lowest BCUT2D eigenvalue weighted by atomic mass is 10.1. The molecule has 0 saturated carbocycles. The number of rotatable bonds is 5. The van der Waals surface area contributed by atoms with Crippen LogP contribution in [0.25, 0.3) is 10.6 Å². The average molecular weight is 452 g/mol. The Hall–Kier alpha value is -3.10. The van der Waals surface area contributed by atoms with Gasteiger partial charge in [-0.25, -0.2) is 4.98 Å². The Morgan fingerprint density at radius 2 is 2.03 bits per heavy atom. The van der Waals surface area contributed by atoms with Crippen LogP contribution in [0.1, 0.15) is 5.69 Å². The second kappa shape index (κ2) is 9.18. The van der Waals surface area contributed by atoms with E-state index in [1.54, 1.807) is 18.4 Å². The highest BCUT2D eigenvalue weighted by atomic mass is 32.1. The van der Waals surface area contributed by atoms with E-state index in [0.29, 0.717) is 39.4 Å². The second-order valence-electron chi connectivity index (χ2n) is 7.77. The number of fused-ring (bicyclic) bond motifs is 1. The van der Waals surface area contributed by atoms with E-state index in [0.717, 1.165) is 33.5 Å². The number of amides is 1. The molecule has 2 aromatic carbocycles. The molecule has 0 bridgehead atoms. The fourth-order valence-electron chi connectivity index (χ4n) is 4.04. The van der Waals surface area contributed by atoms with Crippen molar-refractivity contribution in [2.75, 3.05) is 44.9 Å². The van der Waals surface area contributed by atoms with Crippen molar-refractivity contribution in [2.24, 2.45) is 0 Å². The summed E-state index contributed by atoms with van der Waals surface area (Å²) in [5.41, 5.74) is 2.97. The molecule has 0 radical (unpaired) electrons. The molecule has 7 nitrogen and oxygen atoms in total. The molecule has 0 aliphatic carbocycles. The summed E-state index contributed by atoms with van der Waals surface area (Å²) in [4.78, 5) is 22.0. The van der Waals surface area contributed by atoms with Crippen LogP contribution in [0.2, 0.25) is 0 Å². The van der Waals surface area contributed by atoms with Crippen molar-refractivity contribution in [3.63, 3.8) is 0 Å². The summed E-state index contributed by atoms with van der Waals surface area (Å²) in [7, 11) is 1.66. The van der Waals surface area contributed by atoms with Gasteiger partial charge >= 0.3 is 0 Å². The molecule has 1 atom stereocenters. The molecule has 2 aliphatic rings. The number of benzene rings is 2. The first-order valence-electron chi connectivity index (χ1n) is 10.7. The van der Waals surface area contributed by atoms with E-state index in [4.69, 9.17) is 19.2 Å². The molecular weight excluding hydrogens is 426 g/mol. The predicted octanol–water partition coefficient (Wildman–Crippen LogP) is 3.45. The lowest BCUT2D eigenvalue weighted by Crippen LogP contribution is -2.52. The molecule has 1 saturated heterocycles. The molecule has 166 valence electrons. The number of carbonyl (C=O) groups excluding carboxylic acids is 1. The number of morpholine rings is 1. The molecular formula is C24H25N3O4S. The SMILES string of the molecule is COc1cccc(-c2nc(CN3CC(C(=O)N4CCOCC4)Oc4ccccc43)cs2)c1. The summed E-state index contributed by atoms with van der Waals surface area (Å²) >= 11 is 1.61. The molecule has 1 amide bonds. The van der Waals surface area contributed by atoms with E-state index in [1.165, 1.54) is 0 Å². The topological polar surface area (TPSA) is 64.1 Å². The first kappa shape index (κ1) is 20.8. The summed E-state index contributed by atoms with van der Waals surface area (Å²) in [6.07, 6.45) is -0.542. The van der Waals surface area contributed by atoms with Crippen LogP contribution in [0.4, 0.5) is 5.69 Å². The van der Waals surface area contributed by atoms with Crippen molar-refractivity contribution in [3.05, 3.63) is 59.6 Å². The molecule has 3 aromatic rings. The van der Waals surface area contributed by atoms with Crippen LogP contribution in [0.3, 0.4) is 0 Å². The highest BCUT2D eigenvalue weighted by Crippen LogP contribution is 2.35. The number of carbonyl (C=O) groups is 1. The third-order valence-corrected chi connectivity index (χ3v) is 6.62. The summed E-state index contributed by atoms with van der Waals surface area (Å²) < 4.78 is 16.8. The maximum Gasteiger partial charge on any atom is 0.265 e. The minimum Gasteiger partial charge on any atom is -0.497 e. The highest BCUT2D eigenvalue weighted by Gasteiger charge is 2.34. The minimum absolute atomic E-state index is 0.0168. The minimum atomic E-state index is -0.542. The van der Waals surface area contributed by atoms with E-state index >= 15 is 0 Å². The Kier molecular flexibility index (Phi) is 5.96. The van der Waals surface area contributed by atoms with E-state index in [-0.39, 0.29) is 5.91 Å². The Morgan fingerprint density at radius 1 is 1.19 bits per heavy atom. The van der Waals surface area contributed by atoms with Gasteiger partial charge in [0.1, 0.15) is 16.5 Å². The number of anilines is 1. The van der Waals surface area contributed by atoms with Gasteiger partial charge in [0, 0.05) is 24.0 Å². The predicted molar refractivity (Wildman–Crippen MR) is 123 cm³/mol. The van der Waals surface area contributed by atoms with Crippen LogP contribution in [-0.2, 0) is 16.1 Å². The van der Waals surface area contributed by atoms with Crippen LogP contribution in [-0.4, -0.2) is 61.9 Å². The van der Waals surface area contributed by atoms with E-state index < -0.39 is 6.10 Å². The van der Waals surface area contributed by atoms with Gasteiger partial charge in [0.15, 0.2) is 6.10 Å². The third kappa shape index (κ3) is 4.28. The van der Waals surface area contributed by atoms with Crippen molar-refractivity contribution in [1.82, 2.24) is 9.88 Å². The lowest BCUT2D eigenvalue weighted by molar-refractivity contribution is -0.142. The number of thiazole rings is 1. The third-order valence-electron chi connectivity index (χ3n) is 5.68. The lowest BCUT2D eigenvalue weighted by Gasteiger charge is -2.38. The van der Waals surface area contributed by atoms with Crippen molar-refractivity contribution < 1.29 is 19.0 Å². The highest BCUT2D eigenvalue weighted by molar-refractivity contribution is 7.13. The van der Waals surface area contributed by atoms with E-state index in [2.05, 4.69) is 10.3 Å². The summed E-state index contributed by atoms with van der Waals surface area (Å²) in [5, 5.41) is 3.02. The van der Waals surface area contributed by atoms with E-state index in [9.17, 15) is 4.79 Å². The quantitative estimate of drug-likeness (QED) is 0.592. The van der Waals surface area contributed by atoms with Gasteiger partial charge in [-0.1, -0.05) is 24.3 Å². The Morgan fingerprint density at radius 3 is 2.88 bits per heavy atom. The van der Waals surface area contributed by atoms with Gasteiger partial charge in [-0.2, -0.15) is 0 Å². The normalized spacial score (nSPS) is 18.1. The zero-order chi connectivity index (χ0) is 21.9. The number of para-hydroxylation sites is 2. The monoisotopic (exact) mass is 451 g/mol. The van der Waals surface area contributed by atoms with Crippen LogP contribution in [0.15, 0.2) is 53.9 Å². The van der Waals surface area contributed by atoms with Gasteiger partial charge in [0.05, 0.1) is 44.8 Å². The molecule has 3 heterocycles. The largest absolute Gasteiger partial charge is 0.497 e. The zero-order valence-corrected chi connectivity index (χ0v) is 18.7. The Labute approximate surface area is 191 Å². The van der Waals surface area contributed by atoms with Crippen molar-refractivity contribution in [2.45, 2.75) is 12.6 Å². The van der Waals surface area contributed by atoms with Crippen molar-refractivity contribution in [1.29, 1.82) is 0 Å². The van der Waals surface area contributed by atoms with Gasteiger partial charge in [0.25, 0.3) is 5.91 Å². The maximum absolute atomic E-state index is 13.1. The van der Waals surface area contributed by atoms with Gasteiger partial charge in [-0.05, 0) is 24.3 Å². The summed E-state index contributed by atoms with van der Waals surface area (Å²) in [6, 6.07) is 15.8. The van der Waals surface area contributed by atoms with Crippen LogP contribution >= 0.6 is 11.3 Å². The molecule has 8 heteroatoms. The molecule has 0 spiro atoms. The first-order chi connectivity index (χ1) is 15.7. The fourth-order valence-corrected chi connectivity index (χ4v) is 4.84. The van der Waals surface area contributed by atoms with Crippen molar-refractivity contribution >= 4 is 22.9 Å². The van der Waals surface area contributed by atoms with Gasteiger partial charge in [-0.15, -0.1) is 11.3 Å². The molecule has 0 N–H and O–H groups in total. The van der Waals surface area contributed by atoms with Crippen molar-refractivity contribution in [3.8, 4) is 22.1 Å². The number of nitrogens with zero attached hydrogens (tertiary/aromatic N) is 3. The van der Waals surface area contributed by atoms with Crippen LogP contribution < -0.4 is 14.4 Å². The number of hydrogen-bond acceptors (Lipinski definition) is 7. The standard InChI is InChI=1S/C24H25N3O4S/c1-29-19-6-4-5-17(13-19)23-25-18(16-32-23)14-27-15-22(24(28)26-9-11-30-12-10-26)31-21-8-3-2-7-20(21)27/h2-8,13,16,22H,9-12,14-15H2,1H3. The molecule has 32 heavy (non-hydrogen) atoms. The smallest absolute Gasteiger partial charge is 0.265 e. The summed E-state index contributed by atoms with van der Waals surface area (Å²) in [6.45, 7) is 3.45.